The topological polar surface area (TPSA) is 146 Å². The largest absolute Gasteiger partial charge is 0.383 e. The highest BCUT2D eigenvalue weighted by Gasteiger charge is 2.23. The van der Waals surface area contributed by atoms with E-state index in [4.69, 9.17) is 27.0 Å². The molecular formula is C29H33F2N9O. The summed E-state index contributed by atoms with van der Waals surface area (Å²) in [5.41, 5.74) is 15.1. The number of nitrogens with two attached hydrogens (primary N) is 2. The van der Waals surface area contributed by atoms with E-state index in [-0.39, 0.29) is 34.7 Å². The van der Waals surface area contributed by atoms with Crippen molar-refractivity contribution in [1.82, 2.24) is 24.6 Å². The smallest absolute Gasteiger partial charge is 0.188 e. The van der Waals surface area contributed by atoms with E-state index >= 15 is 8.78 Å². The van der Waals surface area contributed by atoms with Crippen LogP contribution in [-0.4, -0.2) is 76.4 Å². The summed E-state index contributed by atoms with van der Waals surface area (Å²) in [5, 5.41) is 23.7. The minimum Gasteiger partial charge on any atom is -0.383 e. The van der Waals surface area contributed by atoms with Gasteiger partial charge in [-0.3, -0.25) is 10.8 Å². The molecule has 0 saturated heterocycles. The molecule has 0 amide bonds. The number of aromatic nitrogens is 3. The van der Waals surface area contributed by atoms with Gasteiger partial charge in [-0.2, -0.15) is 0 Å². The van der Waals surface area contributed by atoms with Crippen molar-refractivity contribution in [3.8, 4) is 22.8 Å². The number of halogens is 2. The van der Waals surface area contributed by atoms with Gasteiger partial charge in [-0.25, -0.2) is 8.78 Å². The monoisotopic (exact) mass is 561 g/mol. The first-order valence-electron chi connectivity index (χ1n) is 13.4. The van der Waals surface area contributed by atoms with Crippen LogP contribution in [0.4, 0.5) is 8.78 Å². The van der Waals surface area contributed by atoms with E-state index in [9.17, 15) is 0 Å². The third kappa shape index (κ3) is 5.82. The van der Waals surface area contributed by atoms with Crippen LogP contribution in [0.5, 0.6) is 0 Å². The Labute approximate surface area is 236 Å². The summed E-state index contributed by atoms with van der Waals surface area (Å²) in [6.45, 7) is 2.79. The molecule has 3 aromatic rings. The number of methoxy groups -OCH3 is 1. The second-order valence-electron chi connectivity index (χ2n) is 10.0. The summed E-state index contributed by atoms with van der Waals surface area (Å²) < 4.78 is 38.0. The minimum atomic E-state index is -0.463. The lowest BCUT2D eigenvalue weighted by molar-refractivity contribution is 0.188. The van der Waals surface area contributed by atoms with E-state index < -0.39 is 11.6 Å². The molecule has 0 saturated carbocycles. The number of nitrogens with one attached hydrogen (secondary N) is 2. The lowest BCUT2D eigenvalue weighted by Crippen LogP contribution is -2.39. The Morgan fingerprint density at radius 1 is 0.829 bits per heavy atom. The van der Waals surface area contributed by atoms with Crippen LogP contribution in [0.2, 0.25) is 0 Å². The second-order valence-corrected chi connectivity index (χ2v) is 10.0. The highest BCUT2D eigenvalue weighted by Crippen LogP contribution is 2.32. The van der Waals surface area contributed by atoms with Crippen molar-refractivity contribution in [2.24, 2.45) is 11.5 Å². The molecule has 0 radical (unpaired) electrons. The van der Waals surface area contributed by atoms with E-state index in [1.165, 1.54) is 12.1 Å². The third-order valence-corrected chi connectivity index (χ3v) is 7.53. The molecule has 2 aromatic carbocycles. The molecule has 6 N–H and O–H groups in total. The summed E-state index contributed by atoms with van der Waals surface area (Å²) in [6.07, 6.45) is 5.20. The molecule has 41 heavy (non-hydrogen) atoms. The summed E-state index contributed by atoms with van der Waals surface area (Å²) in [4.78, 5) is 3.49. The van der Waals surface area contributed by atoms with Gasteiger partial charge >= 0.3 is 0 Å². The van der Waals surface area contributed by atoms with Crippen molar-refractivity contribution in [2.75, 3.05) is 39.9 Å². The number of hydrogen-bond donors (Lipinski definition) is 4. The average molecular weight is 562 g/mol. The number of hydrogen-bond acceptors (Lipinski definition) is 5. The van der Waals surface area contributed by atoms with E-state index in [0.717, 1.165) is 22.3 Å². The minimum absolute atomic E-state index is 0.0196. The fourth-order valence-corrected chi connectivity index (χ4v) is 5.19. The zero-order chi connectivity index (χ0) is 29.1. The zero-order valence-corrected chi connectivity index (χ0v) is 22.8. The number of nitrogens with zero attached hydrogens (tertiary/aromatic N) is 5. The number of benzene rings is 2. The molecule has 12 heteroatoms. The third-order valence-electron chi connectivity index (χ3n) is 7.53. The van der Waals surface area contributed by atoms with Crippen LogP contribution in [0.25, 0.3) is 33.9 Å². The fraction of sp³-hybridized carbons (Fsp3) is 0.310. The molecule has 214 valence electrons. The first kappa shape index (κ1) is 28.0. The Balaban J connectivity index is 1.44. The van der Waals surface area contributed by atoms with Gasteiger partial charge in [-0.05, 0) is 59.4 Å². The van der Waals surface area contributed by atoms with Crippen LogP contribution in [0.1, 0.15) is 24.0 Å². The highest BCUT2D eigenvalue weighted by molar-refractivity contribution is 5.78. The summed E-state index contributed by atoms with van der Waals surface area (Å²) in [7, 11) is 1.56. The van der Waals surface area contributed by atoms with Gasteiger partial charge in [0.1, 0.15) is 11.6 Å². The predicted molar refractivity (Wildman–Crippen MR) is 155 cm³/mol. The SMILES string of the molecule is COCCn1c(-c2ccc(C3=CCN(C(=N)N)CC3)cc2F)nnc1-c1ccc(C2=CCN(C(=N)N)CC2)cc1F. The van der Waals surface area contributed by atoms with E-state index in [0.29, 0.717) is 52.2 Å². The molecule has 2 aliphatic heterocycles. The van der Waals surface area contributed by atoms with Gasteiger partial charge in [0, 0.05) is 39.8 Å². The van der Waals surface area contributed by atoms with Crippen molar-refractivity contribution in [3.05, 3.63) is 71.3 Å². The standard InChI is InChI=1S/C29H33F2N9O/c1-41-15-14-40-26(22-4-2-20(16-24(22)30)18-6-10-38(11-7-18)28(32)33)36-37-27(40)23-5-3-21(17-25(23)31)19-8-12-39(13-9-19)29(34)35/h2-6,8,16-17H,7,9-15H2,1H3,(H3,32,33)(H3,34,35). The average Bonchev–Trinajstić information content (AvgIpc) is 3.39. The van der Waals surface area contributed by atoms with Gasteiger partial charge in [-0.1, -0.05) is 24.3 Å². The van der Waals surface area contributed by atoms with Gasteiger partial charge in [0.15, 0.2) is 23.6 Å². The molecule has 3 heterocycles. The highest BCUT2D eigenvalue weighted by atomic mass is 19.1. The number of rotatable bonds is 7. The first-order chi connectivity index (χ1) is 19.8. The van der Waals surface area contributed by atoms with Crippen LogP contribution in [0.15, 0.2) is 48.6 Å². The summed E-state index contributed by atoms with van der Waals surface area (Å²) in [6, 6.07) is 9.95. The van der Waals surface area contributed by atoms with Crippen LogP contribution < -0.4 is 11.5 Å². The molecule has 0 unspecified atom stereocenters. The maximum Gasteiger partial charge on any atom is 0.188 e. The molecule has 2 aliphatic rings. The molecule has 0 bridgehead atoms. The molecule has 10 nitrogen and oxygen atoms in total. The van der Waals surface area contributed by atoms with Crippen molar-refractivity contribution in [2.45, 2.75) is 19.4 Å². The Bertz CT molecular complexity index is 1440. The second kappa shape index (κ2) is 11.9. The van der Waals surface area contributed by atoms with Crippen molar-refractivity contribution < 1.29 is 13.5 Å². The maximum absolute atomic E-state index is 15.5. The molecule has 0 atom stereocenters. The zero-order valence-electron chi connectivity index (χ0n) is 22.8. The fourth-order valence-electron chi connectivity index (χ4n) is 5.19. The van der Waals surface area contributed by atoms with E-state index in [2.05, 4.69) is 10.2 Å². The molecule has 1 aromatic heterocycles. The Morgan fingerprint density at radius 3 is 1.63 bits per heavy atom. The molecule has 0 aliphatic carbocycles. The maximum atomic E-state index is 15.5. The van der Waals surface area contributed by atoms with E-state index in [1.807, 2.05) is 24.3 Å². The summed E-state index contributed by atoms with van der Waals surface area (Å²) in [5.74, 6) is -0.324. The van der Waals surface area contributed by atoms with Crippen molar-refractivity contribution >= 4 is 23.1 Å². The lowest BCUT2D eigenvalue weighted by atomic mass is 9.97. The van der Waals surface area contributed by atoms with Gasteiger partial charge in [0.2, 0.25) is 0 Å². The summed E-state index contributed by atoms with van der Waals surface area (Å²) >= 11 is 0. The molecule has 5 rings (SSSR count). The predicted octanol–water partition coefficient (Wildman–Crippen LogP) is 3.50. The number of ether oxygens (including phenoxy) is 1. The Kier molecular flexibility index (Phi) is 8.11. The van der Waals surface area contributed by atoms with Crippen molar-refractivity contribution in [3.63, 3.8) is 0 Å². The Morgan fingerprint density at radius 2 is 1.29 bits per heavy atom. The van der Waals surface area contributed by atoms with Gasteiger partial charge in [0.25, 0.3) is 0 Å². The Hall–Kier alpha value is -4.58. The molecule has 0 spiro atoms. The van der Waals surface area contributed by atoms with Crippen LogP contribution >= 0.6 is 0 Å². The number of guanidine groups is 2. The normalized spacial score (nSPS) is 15.5. The van der Waals surface area contributed by atoms with Crippen LogP contribution in [0, 0.1) is 22.5 Å². The lowest BCUT2D eigenvalue weighted by Gasteiger charge is -2.26. The molecule has 0 fully saturated rings. The van der Waals surface area contributed by atoms with Crippen molar-refractivity contribution in [1.29, 1.82) is 10.8 Å². The van der Waals surface area contributed by atoms with Gasteiger partial charge < -0.3 is 30.6 Å². The van der Waals surface area contributed by atoms with Gasteiger partial charge in [-0.15, -0.1) is 10.2 Å². The van der Waals surface area contributed by atoms with Gasteiger partial charge in [0.05, 0.1) is 17.7 Å². The van der Waals surface area contributed by atoms with Crippen LogP contribution in [-0.2, 0) is 11.3 Å². The van der Waals surface area contributed by atoms with Crippen LogP contribution in [0.3, 0.4) is 0 Å². The first-order valence-corrected chi connectivity index (χ1v) is 13.4. The quantitative estimate of drug-likeness (QED) is 0.255. The van der Waals surface area contributed by atoms with E-state index in [1.54, 1.807) is 33.6 Å². The molecular weight excluding hydrogens is 528 g/mol.